The highest BCUT2D eigenvalue weighted by Gasteiger charge is 2.33. The first-order valence-electron chi connectivity index (χ1n) is 12.2. The Kier molecular flexibility index (Phi) is 10.3. The monoisotopic (exact) mass is 537 g/mol. The van der Waals surface area contributed by atoms with Crippen molar-refractivity contribution in [1.29, 1.82) is 0 Å². The van der Waals surface area contributed by atoms with Crippen molar-refractivity contribution in [2.24, 2.45) is 0 Å². The van der Waals surface area contributed by atoms with Crippen molar-refractivity contribution < 1.29 is 22.4 Å². The van der Waals surface area contributed by atoms with Gasteiger partial charge in [-0.3, -0.25) is 9.59 Å². The number of likely N-dealkylation sites (tertiary alicyclic amines) is 1. The van der Waals surface area contributed by atoms with Crippen molar-refractivity contribution in [2.45, 2.75) is 50.1 Å². The summed E-state index contributed by atoms with van der Waals surface area (Å²) >= 11 is 5.71. The van der Waals surface area contributed by atoms with E-state index < -0.39 is 15.8 Å². The van der Waals surface area contributed by atoms with Gasteiger partial charge in [-0.05, 0) is 49.1 Å². The average Bonchev–Trinajstić information content (AvgIpc) is 2.88. The molecule has 36 heavy (non-hydrogen) atoms. The number of rotatable bonds is 11. The van der Waals surface area contributed by atoms with Crippen molar-refractivity contribution in [2.75, 3.05) is 32.1 Å². The van der Waals surface area contributed by atoms with E-state index >= 15 is 0 Å². The van der Waals surface area contributed by atoms with Gasteiger partial charge in [-0.15, -0.1) is 11.6 Å². The van der Waals surface area contributed by atoms with Gasteiger partial charge in [-0.2, -0.15) is 4.31 Å². The van der Waals surface area contributed by atoms with Crippen LogP contribution < -0.4 is 0 Å². The third-order valence-corrected chi connectivity index (χ3v) is 8.34. The van der Waals surface area contributed by atoms with Gasteiger partial charge in [0.15, 0.2) is 0 Å². The summed E-state index contributed by atoms with van der Waals surface area (Å²) in [5.74, 6) is -0.514. The molecule has 0 N–H and O–H groups in total. The van der Waals surface area contributed by atoms with Crippen molar-refractivity contribution in [3.63, 3.8) is 0 Å². The number of hydrogen-bond donors (Lipinski definition) is 0. The lowest BCUT2D eigenvalue weighted by Crippen LogP contribution is -2.51. The van der Waals surface area contributed by atoms with Gasteiger partial charge in [0.25, 0.3) is 0 Å². The molecule has 196 valence electrons. The van der Waals surface area contributed by atoms with Crippen LogP contribution in [0.25, 0.3) is 0 Å². The molecule has 2 aromatic rings. The van der Waals surface area contributed by atoms with E-state index in [1.807, 2.05) is 6.92 Å². The molecule has 1 heterocycles. The number of amides is 2. The number of benzene rings is 2. The molecule has 0 spiro atoms. The molecule has 3 rings (SSSR count). The largest absolute Gasteiger partial charge is 0.343 e. The Morgan fingerprint density at radius 1 is 1.08 bits per heavy atom. The predicted molar refractivity (Wildman–Crippen MR) is 137 cm³/mol. The predicted octanol–water partition coefficient (Wildman–Crippen LogP) is 3.88. The molecule has 1 fully saturated rings. The number of halogens is 2. The first-order chi connectivity index (χ1) is 17.3. The minimum atomic E-state index is -3.87. The SMILES string of the molecule is CCCN(CC(=O)N(Cc1cccc(F)c1)C1CCN(C(=O)CCCl)CC1)S(=O)(=O)c1ccccc1. The Morgan fingerprint density at radius 2 is 1.78 bits per heavy atom. The molecule has 0 bridgehead atoms. The van der Waals surface area contributed by atoms with Crippen LogP contribution in [0.3, 0.4) is 0 Å². The van der Waals surface area contributed by atoms with E-state index in [1.165, 1.54) is 28.6 Å². The summed E-state index contributed by atoms with van der Waals surface area (Å²) < 4.78 is 41.7. The Bertz CT molecular complexity index is 1130. The van der Waals surface area contributed by atoms with E-state index in [4.69, 9.17) is 11.6 Å². The van der Waals surface area contributed by atoms with Crippen LogP contribution >= 0.6 is 11.6 Å². The van der Waals surface area contributed by atoms with Gasteiger partial charge in [0, 0.05) is 44.5 Å². The van der Waals surface area contributed by atoms with Crippen molar-refractivity contribution >= 4 is 33.4 Å². The van der Waals surface area contributed by atoms with Crippen LogP contribution in [0, 0.1) is 5.82 Å². The molecule has 1 aliphatic heterocycles. The lowest BCUT2D eigenvalue weighted by Gasteiger charge is -2.39. The fourth-order valence-electron chi connectivity index (χ4n) is 4.44. The average molecular weight is 538 g/mol. The maximum atomic E-state index is 13.9. The minimum absolute atomic E-state index is 0.0190. The number of carbonyl (C=O) groups is 2. The second kappa shape index (κ2) is 13.2. The van der Waals surface area contributed by atoms with E-state index in [-0.39, 0.29) is 54.7 Å². The third kappa shape index (κ3) is 7.27. The van der Waals surface area contributed by atoms with Gasteiger partial charge in [-0.1, -0.05) is 37.3 Å². The molecule has 2 aromatic carbocycles. The second-order valence-electron chi connectivity index (χ2n) is 8.85. The Morgan fingerprint density at radius 3 is 2.39 bits per heavy atom. The highest BCUT2D eigenvalue weighted by atomic mass is 35.5. The Hall–Kier alpha value is -2.49. The summed E-state index contributed by atoms with van der Waals surface area (Å²) in [4.78, 5) is 29.4. The molecule has 0 saturated carbocycles. The number of sulfonamides is 1. The van der Waals surface area contributed by atoms with E-state index in [0.29, 0.717) is 37.9 Å². The van der Waals surface area contributed by atoms with Crippen LogP contribution in [-0.2, 0) is 26.2 Å². The molecular weight excluding hydrogens is 505 g/mol. The zero-order valence-corrected chi connectivity index (χ0v) is 22.1. The topological polar surface area (TPSA) is 78.0 Å². The maximum Gasteiger partial charge on any atom is 0.243 e. The zero-order valence-electron chi connectivity index (χ0n) is 20.5. The van der Waals surface area contributed by atoms with Gasteiger partial charge >= 0.3 is 0 Å². The number of alkyl halides is 1. The van der Waals surface area contributed by atoms with Crippen LogP contribution in [0.15, 0.2) is 59.5 Å². The Labute approximate surface area is 217 Å². The van der Waals surface area contributed by atoms with Gasteiger partial charge < -0.3 is 9.80 Å². The molecule has 1 saturated heterocycles. The molecule has 0 aliphatic carbocycles. The van der Waals surface area contributed by atoms with Crippen LogP contribution in [0.1, 0.15) is 38.2 Å². The maximum absolute atomic E-state index is 13.9. The number of piperidine rings is 1. The molecule has 0 radical (unpaired) electrons. The van der Waals surface area contributed by atoms with E-state index in [9.17, 15) is 22.4 Å². The normalized spacial score (nSPS) is 14.7. The quantitative estimate of drug-likeness (QED) is 0.408. The molecule has 1 aliphatic rings. The first-order valence-corrected chi connectivity index (χ1v) is 14.2. The Balaban J connectivity index is 1.82. The molecule has 2 amide bonds. The highest BCUT2D eigenvalue weighted by Crippen LogP contribution is 2.22. The number of carbonyl (C=O) groups excluding carboxylic acids is 2. The molecule has 10 heteroatoms. The highest BCUT2D eigenvalue weighted by molar-refractivity contribution is 7.89. The molecule has 0 atom stereocenters. The first kappa shape index (κ1) is 28.1. The summed E-state index contributed by atoms with van der Waals surface area (Å²) in [7, 11) is -3.87. The number of nitrogens with zero attached hydrogens (tertiary/aromatic N) is 3. The van der Waals surface area contributed by atoms with E-state index in [2.05, 4.69) is 0 Å². The van der Waals surface area contributed by atoms with Crippen LogP contribution in [0.4, 0.5) is 4.39 Å². The molecule has 0 aromatic heterocycles. The summed E-state index contributed by atoms with van der Waals surface area (Å²) in [5, 5.41) is 0. The van der Waals surface area contributed by atoms with Crippen molar-refractivity contribution in [3.05, 3.63) is 66.0 Å². The summed E-state index contributed by atoms with van der Waals surface area (Å²) in [6, 6.07) is 13.9. The fraction of sp³-hybridized carbons (Fsp3) is 0.462. The second-order valence-corrected chi connectivity index (χ2v) is 11.2. The van der Waals surface area contributed by atoms with Crippen LogP contribution in [0.2, 0.25) is 0 Å². The van der Waals surface area contributed by atoms with E-state index in [0.717, 1.165) is 0 Å². The molecule has 7 nitrogen and oxygen atoms in total. The zero-order chi connectivity index (χ0) is 26.1. The molecule has 0 unspecified atom stereocenters. The van der Waals surface area contributed by atoms with Crippen LogP contribution in [0.5, 0.6) is 0 Å². The van der Waals surface area contributed by atoms with Gasteiger partial charge in [0.1, 0.15) is 5.82 Å². The van der Waals surface area contributed by atoms with Crippen molar-refractivity contribution in [3.8, 4) is 0 Å². The third-order valence-electron chi connectivity index (χ3n) is 6.29. The van der Waals surface area contributed by atoms with Crippen molar-refractivity contribution in [1.82, 2.24) is 14.1 Å². The standard InChI is InChI=1S/C26H33ClFN3O4S/c1-2-15-30(36(34,35)24-9-4-3-5-10-24)20-26(33)31(19-21-7-6-8-22(28)18-21)23-12-16-29(17-13-23)25(32)11-14-27/h3-10,18,23H,2,11-17,19-20H2,1H3. The summed E-state index contributed by atoms with van der Waals surface area (Å²) in [6.07, 6.45) is 1.91. The summed E-state index contributed by atoms with van der Waals surface area (Å²) in [6.45, 7) is 2.86. The fourth-order valence-corrected chi connectivity index (χ4v) is 6.10. The van der Waals surface area contributed by atoms with Gasteiger partial charge in [0.2, 0.25) is 21.8 Å². The summed E-state index contributed by atoms with van der Waals surface area (Å²) in [5.41, 5.74) is 0.622. The van der Waals surface area contributed by atoms with Gasteiger partial charge in [-0.25, -0.2) is 12.8 Å². The minimum Gasteiger partial charge on any atom is -0.343 e. The van der Waals surface area contributed by atoms with Gasteiger partial charge in [0.05, 0.1) is 11.4 Å². The number of hydrogen-bond acceptors (Lipinski definition) is 4. The molecular formula is C26H33ClFN3O4S. The van der Waals surface area contributed by atoms with E-state index in [1.54, 1.807) is 40.1 Å². The lowest BCUT2D eigenvalue weighted by molar-refractivity contribution is -0.137. The lowest BCUT2D eigenvalue weighted by atomic mass is 10.0. The smallest absolute Gasteiger partial charge is 0.243 e. The van der Waals surface area contributed by atoms with Crippen LogP contribution in [-0.4, -0.2) is 72.4 Å².